The molecule has 0 saturated carbocycles. The van der Waals surface area contributed by atoms with E-state index in [0.717, 1.165) is 15.6 Å². The molecule has 0 spiro atoms. The van der Waals surface area contributed by atoms with Gasteiger partial charge in [-0.3, -0.25) is 5.32 Å². The van der Waals surface area contributed by atoms with Gasteiger partial charge in [0, 0.05) is 10.2 Å². The van der Waals surface area contributed by atoms with Crippen molar-refractivity contribution in [2.24, 2.45) is 0 Å². The topological polar surface area (TPSA) is 38.3 Å². The Morgan fingerprint density at radius 3 is 2.31 bits per heavy atom. The number of carbonyl (C=O) groups is 1. The van der Waals surface area contributed by atoms with Gasteiger partial charge in [0.15, 0.2) is 0 Å². The third-order valence-electron chi connectivity index (χ3n) is 1.95. The summed E-state index contributed by atoms with van der Waals surface area (Å²) in [5.74, 6) is 0.364. The summed E-state index contributed by atoms with van der Waals surface area (Å²) >= 11 is 3.46. The summed E-state index contributed by atoms with van der Waals surface area (Å²) in [7, 11) is 0. The van der Waals surface area contributed by atoms with Crippen molar-refractivity contribution >= 4 is 27.7 Å². The molecule has 1 N–H and O–H groups in total. The molecule has 0 aliphatic heterocycles. The van der Waals surface area contributed by atoms with Crippen molar-refractivity contribution in [3.8, 4) is 0 Å². The zero-order valence-corrected chi connectivity index (χ0v) is 11.1. The standard InChI is InChI=1S/C12H14BrNO2/c1-7(2)16-12(15)14-10-5-8(3)11(13)9(4)6-10/h5-6H,1H2,2-4H3,(H,14,15). The number of hydrogen-bond donors (Lipinski definition) is 1. The summed E-state index contributed by atoms with van der Waals surface area (Å²) in [5, 5.41) is 2.64. The van der Waals surface area contributed by atoms with Crippen LogP contribution in [0.25, 0.3) is 0 Å². The summed E-state index contributed by atoms with van der Waals surface area (Å²) in [6, 6.07) is 3.74. The number of hydrogen-bond acceptors (Lipinski definition) is 2. The molecule has 1 amide bonds. The molecule has 0 atom stereocenters. The number of ether oxygens (including phenoxy) is 1. The Labute approximate surface area is 104 Å². The van der Waals surface area contributed by atoms with E-state index in [-0.39, 0.29) is 0 Å². The average Bonchev–Trinajstić information content (AvgIpc) is 2.12. The first-order valence-corrected chi connectivity index (χ1v) is 5.60. The second-order valence-electron chi connectivity index (χ2n) is 3.64. The van der Waals surface area contributed by atoms with Crippen molar-refractivity contribution < 1.29 is 9.53 Å². The van der Waals surface area contributed by atoms with Crippen LogP contribution in [0, 0.1) is 13.8 Å². The highest BCUT2D eigenvalue weighted by Crippen LogP contribution is 2.25. The van der Waals surface area contributed by atoms with E-state index in [4.69, 9.17) is 4.74 Å². The van der Waals surface area contributed by atoms with Crippen LogP contribution < -0.4 is 5.32 Å². The molecule has 86 valence electrons. The van der Waals surface area contributed by atoms with Gasteiger partial charge in [0.05, 0.1) is 5.76 Å². The monoisotopic (exact) mass is 283 g/mol. The third-order valence-corrected chi connectivity index (χ3v) is 3.20. The first-order chi connectivity index (χ1) is 7.40. The Balaban J connectivity index is 2.82. The van der Waals surface area contributed by atoms with Crippen molar-refractivity contribution in [2.75, 3.05) is 5.32 Å². The van der Waals surface area contributed by atoms with E-state index in [2.05, 4.69) is 27.8 Å². The Bertz CT molecular complexity index is 418. The number of allylic oxidation sites excluding steroid dienone is 1. The van der Waals surface area contributed by atoms with Gasteiger partial charge in [0.2, 0.25) is 0 Å². The van der Waals surface area contributed by atoms with E-state index in [1.807, 2.05) is 26.0 Å². The van der Waals surface area contributed by atoms with Gasteiger partial charge in [0.25, 0.3) is 0 Å². The lowest BCUT2D eigenvalue weighted by atomic mass is 10.1. The average molecular weight is 284 g/mol. The van der Waals surface area contributed by atoms with Gasteiger partial charge in [-0.05, 0) is 44.0 Å². The van der Waals surface area contributed by atoms with Crippen LogP contribution in [0.3, 0.4) is 0 Å². The lowest BCUT2D eigenvalue weighted by Crippen LogP contribution is -2.12. The molecule has 0 radical (unpaired) electrons. The van der Waals surface area contributed by atoms with Crippen LogP contribution in [-0.2, 0) is 4.74 Å². The minimum absolute atomic E-state index is 0.364. The van der Waals surface area contributed by atoms with Crippen LogP contribution >= 0.6 is 15.9 Å². The second kappa shape index (κ2) is 5.16. The van der Waals surface area contributed by atoms with Crippen LogP contribution in [0.4, 0.5) is 10.5 Å². The minimum atomic E-state index is -0.520. The Hall–Kier alpha value is -1.29. The summed E-state index contributed by atoms with van der Waals surface area (Å²) < 4.78 is 5.86. The summed E-state index contributed by atoms with van der Waals surface area (Å²) in [4.78, 5) is 11.3. The summed E-state index contributed by atoms with van der Waals surface area (Å²) in [5.41, 5.74) is 2.83. The normalized spacial score (nSPS) is 9.75. The number of amides is 1. The van der Waals surface area contributed by atoms with Gasteiger partial charge in [-0.15, -0.1) is 0 Å². The zero-order valence-electron chi connectivity index (χ0n) is 9.56. The maximum Gasteiger partial charge on any atom is 0.416 e. The van der Waals surface area contributed by atoms with Gasteiger partial charge in [-0.25, -0.2) is 4.79 Å². The van der Waals surface area contributed by atoms with Gasteiger partial charge in [0.1, 0.15) is 0 Å². The van der Waals surface area contributed by atoms with Crippen molar-refractivity contribution in [1.82, 2.24) is 0 Å². The molecular weight excluding hydrogens is 270 g/mol. The minimum Gasteiger partial charge on any atom is -0.416 e. The summed E-state index contributed by atoms with van der Waals surface area (Å²) in [6.07, 6.45) is -0.520. The van der Waals surface area contributed by atoms with Crippen LogP contribution in [0.5, 0.6) is 0 Å². The molecule has 1 aromatic carbocycles. The molecule has 3 nitrogen and oxygen atoms in total. The molecule has 0 bridgehead atoms. The molecule has 16 heavy (non-hydrogen) atoms. The number of benzene rings is 1. The fourth-order valence-electron chi connectivity index (χ4n) is 1.32. The van der Waals surface area contributed by atoms with Gasteiger partial charge < -0.3 is 4.74 Å². The number of nitrogens with one attached hydrogen (secondary N) is 1. The van der Waals surface area contributed by atoms with E-state index in [1.165, 1.54) is 0 Å². The Morgan fingerprint density at radius 1 is 1.38 bits per heavy atom. The highest BCUT2D eigenvalue weighted by atomic mass is 79.9. The second-order valence-corrected chi connectivity index (χ2v) is 4.43. The lowest BCUT2D eigenvalue weighted by Gasteiger charge is -2.09. The quantitative estimate of drug-likeness (QED) is 0.828. The van der Waals surface area contributed by atoms with Crippen LogP contribution in [-0.4, -0.2) is 6.09 Å². The Kier molecular flexibility index (Phi) is 4.12. The molecule has 0 unspecified atom stereocenters. The molecule has 4 heteroatoms. The fraction of sp³-hybridized carbons (Fsp3) is 0.250. The largest absolute Gasteiger partial charge is 0.416 e. The highest BCUT2D eigenvalue weighted by Gasteiger charge is 2.06. The molecule has 0 saturated heterocycles. The maximum atomic E-state index is 11.3. The van der Waals surface area contributed by atoms with Crippen LogP contribution in [0.15, 0.2) is 28.9 Å². The number of halogens is 1. The number of aryl methyl sites for hydroxylation is 2. The van der Waals surface area contributed by atoms with Crippen molar-refractivity contribution in [3.05, 3.63) is 40.1 Å². The zero-order chi connectivity index (χ0) is 12.3. The summed E-state index contributed by atoms with van der Waals surface area (Å²) in [6.45, 7) is 9.05. The molecule has 0 aliphatic carbocycles. The first-order valence-electron chi connectivity index (χ1n) is 4.81. The van der Waals surface area contributed by atoms with Gasteiger partial charge in [-0.1, -0.05) is 22.5 Å². The van der Waals surface area contributed by atoms with E-state index in [0.29, 0.717) is 11.4 Å². The predicted octanol–water partition coefficient (Wildman–Crippen LogP) is 4.15. The van der Waals surface area contributed by atoms with E-state index >= 15 is 0 Å². The van der Waals surface area contributed by atoms with Crippen molar-refractivity contribution in [1.29, 1.82) is 0 Å². The van der Waals surface area contributed by atoms with E-state index < -0.39 is 6.09 Å². The molecule has 0 fully saturated rings. The molecule has 1 rings (SSSR count). The van der Waals surface area contributed by atoms with Crippen molar-refractivity contribution in [3.63, 3.8) is 0 Å². The van der Waals surface area contributed by atoms with Crippen LogP contribution in [0.2, 0.25) is 0 Å². The molecule has 1 aromatic rings. The van der Waals surface area contributed by atoms with Crippen LogP contribution in [0.1, 0.15) is 18.1 Å². The molecule has 0 aromatic heterocycles. The highest BCUT2D eigenvalue weighted by molar-refractivity contribution is 9.10. The molecule has 0 heterocycles. The third kappa shape index (κ3) is 3.38. The Morgan fingerprint density at radius 2 is 1.88 bits per heavy atom. The number of rotatable bonds is 2. The lowest BCUT2D eigenvalue weighted by molar-refractivity contribution is 0.192. The first kappa shape index (κ1) is 12.8. The fourth-order valence-corrected chi connectivity index (χ4v) is 1.55. The SMILES string of the molecule is C=C(C)OC(=O)Nc1cc(C)c(Br)c(C)c1. The number of carbonyl (C=O) groups excluding carboxylic acids is 1. The van der Waals surface area contributed by atoms with Crippen molar-refractivity contribution in [2.45, 2.75) is 20.8 Å². The van der Waals surface area contributed by atoms with E-state index in [1.54, 1.807) is 6.92 Å². The smallest absolute Gasteiger partial charge is 0.416 e. The number of anilines is 1. The predicted molar refractivity (Wildman–Crippen MR) is 68.5 cm³/mol. The van der Waals surface area contributed by atoms with Gasteiger partial charge >= 0.3 is 6.09 Å². The maximum absolute atomic E-state index is 11.3. The molecular formula is C12H14BrNO2. The van der Waals surface area contributed by atoms with Gasteiger partial charge in [-0.2, -0.15) is 0 Å². The van der Waals surface area contributed by atoms with E-state index in [9.17, 15) is 4.79 Å². The molecule has 0 aliphatic rings.